The average molecular weight is 302 g/mol. The van der Waals surface area contributed by atoms with E-state index in [0.29, 0.717) is 0 Å². The number of halogens is 1. The third-order valence-electron chi connectivity index (χ3n) is 2.36. The number of rotatable bonds is 5. The van der Waals surface area contributed by atoms with Crippen molar-refractivity contribution >= 4 is 33.6 Å². The highest BCUT2D eigenvalue weighted by molar-refractivity contribution is 9.09. The highest BCUT2D eigenvalue weighted by atomic mass is 79.9. The van der Waals surface area contributed by atoms with E-state index in [1.165, 1.54) is 4.90 Å². The molecule has 16 heavy (non-hydrogen) atoms. The van der Waals surface area contributed by atoms with Gasteiger partial charge in [0.15, 0.2) is 0 Å². The zero-order chi connectivity index (χ0) is 12.0. The van der Waals surface area contributed by atoms with Crippen LogP contribution >= 0.6 is 27.7 Å². The van der Waals surface area contributed by atoms with Crippen molar-refractivity contribution in [3.8, 4) is 0 Å². The van der Waals surface area contributed by atoms with E-state index in [9.17, 15) is 4.79 Å². The molecule has 88 valence electrons. The first-order chi connectivity index (χ1) is 7.72. The minimum atomic E-state index is 0.106. The van der Waals surface area contributed by atoms with Crippen LogP contribution in [-0.4, -0.2) is 35.5 Å². The van der Waals surface area contributed by atoms with Gasteiger partial charge in [-0.05, 0) is 37.4 Å². The molecule has 0 bridgehead atoms. The fourth-order valence-electron chi connectivity index (χ4n) is 1.42. The summed E-state index contributed by atoms with van der Waals surface area (Å²) >= 11 is 5.04. The average Bonchev–Trinajstić information content (AvgIpc) is 2.35. The van der Waals surface area contributed by atoms with Crippen LogP contribution in [0.3, 0.4) is 0 Å². The monoisotopic (exact) mass is 301 g/mol. The highest BCUT2D eigenvalue weighted by Gasteiger charge is 2.12. The maximum absolute atomic E-state index is 12.1. The van der Waals surface area contributed by atoms with Crippen LogP contribution in [0.25, 0.3) is 0 Å². The maximum Gasteiger partial charge on any atom is 0.253 e. The van der Waals surface area contributed by atoms with Crippen molar-refractivity contribution in [2.75, 3.05) is 24.7 Å². The lowest BCUT2D eigenvalue weighted by molar-refractivity contribution is 0.0775. The van der Waals surface area contributed by atoms with E-state index in [4.69, 9.17) is 0 Å². The van der Waals surface area contributed by atoms with Crippen LogP contribution in [0, 0.1) is 0 Å². The predicted molar refractivity (Wildman–Crippen MR) is 73.6 cm³/mol. The van der Waals surface area contributed by atoms with Crippen molar-refractivity contribution < 1.29 is 4.79 Å². The van der Waals surface area contributed by atoms with E-state index in [1.54, 1.807) is 11.8 Å². The summed E-state index contributed by atoms with van der Waals surface area (Å²) in [5, 5.41) is 0.815. The first-order valence-corrected chi connectivity index (χ1v) is 7.56. The van der Waals surface area contributed by atoms with Gasteiger partial charge in [-0.25, -0.2) is 0 Å². The molecule has 4 heteroatoms. The molecule has 0 saturated carbocycles. The minimum Gasteiger partial charge on any atom is -0.338 e. The number of thioether (sulfide) groups is 1. The van der Waals surface area contributed by atoms with E-state index in [0.717, 1.165) is 24.0 Å². The van der Waals surface area contributed by atoms with Gasteiger partial charge in [-0.15, -0.1) is 11.8 Å². The Bertz CT molecular complexity index is 339. The zero-order valence-electron chi connectivity index (χ0n) is 9.57. The molecule has 0 aliphatic rings. The summed E-state index contributed by atoms with van der Waals surface area (Å²) in [5.41, 5.74) is 0.764. The van der Waals surface area contributed by atoms with E-state index in [-0.39, 0.29) is 5.91 Å². The molecular weight excluding hydrogens is 286 g/mol. The molecule has 0 N–H and O–H groups in total. The molecule has 1 aromatic rings. The van der Waals surface area contributed by atoms with E-state index in [2.05, 4.69) is 15.9 Å². The van der Waals surface area contributed by atoms with Crippen molar-refractivity contribution in [1.29, 1.82) is 0 Å². The molecule has 0 fully saturated rings. The van der Waals surface area contributed by atoms with Crippen LogP contribution in [0.15, 0.2) is 29.2 Å². The fraction of sp³-hybridized carbons (Fsp3) is 0.417. The van der Waals surface area contributed by atoms with E-state index >= 15 is 0 Å². The van der Waals surface area contributed by atoms with E-state index in [1.807, 2.05) is 42.3 Å². The molecule has 0 aliphatic carbocycles. The summed E-state index contributed by atoms with van der Waals surface area (Å²) < 4.78 is 0. The van der Waals surface area contributed by atoms with Crippen LogP contribution in [0.2, 0.25) is 0 Å². The largest absolute Gasteiger partial charge is 0.338 e. The molecule has 0 heterocycles. The molecule has 1 aromatic carbocycles. The first kappa shape index (κ1) is 13.6. The zero-order valence-corrected chi connectivity index (χ0v) is 12.0. The van der Waals surface area contributed by atoms with Crippen LogP contribution in [0.1, 0.15) is 17.3 Å². The Kier molecular flexibility index (Phi) is 5.91. The lowest BCUT2D eigenvalue weighted by Crippen LogP contribution is -2.32. The number of hydrogen-bond acceptors (Lipinski definition) is 2. The van der Waals surface area contributed by atoms with Gasteiger partial charge in [0, 0.05) is 28.9 Å². The van der Waals surface area contributed by atoms with Crippen molar-refractivity contribution in [2.24, 2.45) is 0 Å². The fourth-order valence-corrected chi connectivity index (χ4v) is 2.26. The van der Waals surface area contributed by atoms with Crippen LogP contribution < -0.4 is 0 Å². The van der Waals surface area contributed by atoms with Gasteiger partial charge in [0.25, 0.3) is 5.91 Å². The Morgan fingerprint density at radius 3 is 2.44 bits per heavy atom. The maximum atomic E-state index is 12.1. The molecule has 1 rings (SSSR count). The number of carbonyl (C=O) groups excluding carboxylic acids is 1. The number of benzene rings is 1. The second kappa shape index (κ2) is 6.97. The second-order valence-electron chi connectivity index (χ2n) is 3.30. The minimum absolute atomic E-state index is 0.106. The quantitative estimate of drug-likeness (QED) is 0.614. The van der Waals surface area contributed by atoms with Gasteiger partial charge in [0.2, 0.25) is 0 Å². The van der Waals surface area contributed by atoms with Gasteiger partial charge >= 0.3 is 0 Å². The Morgan fingerprint density at radius 2 is 2.00 bits per heavy atom. The van der Waals surface area contributed by atoms with Crippen LogP contribution in [0.5, 0.6) is 0 Å². The number of amides is 1. The van der Waals surface area contributed by atoms with Gasteiger partial charge in [-0.3, -0.25) is 4.79 Å². The van der Waals surface area contributed by atoms with Crippen LogP contribution in [0.4, 0.5) is 0 Å². The highest BCUT2D eigenvalue weighted by Crippen LogP contribution is 2.15. The Hall–Kier alpha value is -0.480. The van der Waals surface area contributed by atoms with Gasteiger partial charge in [-0.2, -0.15) is 0 Å². The number of hydrogen-bond donors (Lipinski definition) is 0. The number of nitrogens with zero attached hydrogens (tertiary/aromatic N) is 1. The van der Waals surface area contributed by atoms with Gasteiger partial charge in [-0.1, -0.05) is 15.9 Å². The second-order valence-corrected chi connectivity index (χ2v) is 4.97. The molecule has 0 saturated heterocycles. The predicted octanol–water partition coefficient (Wildman–Crippen LogP) is 3.27. The number of carbonyl (C=O) groups is 1. The molecule has 0 aromatic heterocycles. The smallest absolute Gasteiger partial charge is 0.253 e. The first-order valence-electron chi connectivity index (χ1n) is 5.22. The lowest BCUT2D eigenvalue weighted by atomic mass is 10.2. The van der Waals surface area contributed by atoms with E-state index < -0.39 is 0 Å². The molecule has 0 atom stereocenters. The summed E-state index contributed by atoms with van der Waals surface area (Å²) in [6, 6.07) is 7.76. The van der Waals surface area contributed by atoms with Gasteiger partial charge in [0.1, 0.15) is 0 Å². The summed E-state index contributed by atoms with van der Waals surface area (Å²) in [6.07, 6.45) is 2.03. The molecule has 0 spiro atoms. The summed E-state index contributed by atoms with van der Waals surface area (Å²) in [4.78, 5) is 15.1. The molecular formula is C12H16BrNOS. The molecule has 0 aliphatic heterocycles. The molecule has 0 radical (unpaired) electrons. The SMILES string of the molecule is CCN(CCBr)C(=O)c1ccc(SC)cc1. The summed E-state index contributed by atoms with van der Waals surface area (Å²) in [6.45, 7) is 3.49. The standard InChI is InChI=1S/C12H16BrNOS/c1-3-14(9-8-13)12(15)10-4-6-11(16-2)7-5-10/h4-7H,3,8-9H2,1-2H3. The molecule has 2 nitrogen and oxygen atoms in total. The number of alkyl halides is 1. The third-order valence-corrected chi connectivity index (χ3v) is 3.46. The Balaban J connectivity index is 2.78. The van der Waals surface area contributed by atoms with Crippen molar-refractivity contribution in [2.45, 2.75) is 11.8 Å². The summed E-state index contributed by atoms with van der Waals surface area (Å²) in [7, 11) is 0. The normalized spacial score (nSPS) is 10.2. The third kappa shape index (κ3) is 3.52. The van der Waals surface area contributed by atoms with Gasteiger partial charge in [0.05, 0.1) is 0 Å². The Labute approximate surface area is 110 Å². The van der Waals surface area contributed by atoms with Crippen molar-refractivity contribution in [3.05, 3.63) is 29.8 Å². The molecule has 0 unspecified atom stereocenters. The lowest BCUT2D eigenvalue weighted by Gasteiger charge is -2.19. The van der Waals surface area contributed by atoms with Crippen molar-refractivity contribution in [1.82, 2.24) is 4.90 Å². The van der Waals surface area contributed by atoms with Crippen molar-refractivity contribution in [3.63, 3.8) is 0 Å². The Morgan fingerprint density at radius 1 is 1.38 bits per heavy atom. The van der Waals surface area contributed by atoms with Gasteiger partial charge < -0.3 is 4.90 Å². The topological polar surface area (TPSA) is 20.3 Å². The van der Waals surface area contributed by atoms with Crippen LogP contribution in [-0.2, 0) is 0 Å². The summed E-state index contributed by atoms with van der Waals surface area (Å²) in [5.74, 6) is 0.106. The molecule has 1 amide bonds.